The summed E-state index contributed by atoms with van der Waals surface area (Å²) in [6.07, 6.45) is 29.2. The van der Waals surface area contributed by atoms with Crippen molar-refractivity contribution in [3.63, 3.8) is 0 Å². The van der Waals surface area contributed by atoms with Gasteiger partial charge in [-0.1, -0.05) is 290 Å². The zero-order valence-corrected chi connectivity index (χ0v) is 92.9. The number of hydrogen-bond acceptors (Lipinski definition) is 22. The Morgan fingerprint density at radius 1 is 0.481 bits per heavy atom. The average molecular weight is 1900 g/mol. The molecule has 1 rings (SSSR count). The first-order valence-corrected chi connectivity index (χ1v) is 45.8. The predicted octanol–water partition coefficient (Wildman–Crippen LogP) is 24.9. The highest BCUT2D eigenvalue weighted by molar-refractivity contribution is 5.95. The van der Waals surface area contributed by atoms with Gasteiger partial charge in [0.2, 0.25) is 5.78 Å². The van der Waals surface area contributed by atoms with Gasteiger partial charge in [-0.25, -0.2) is 29.0 Å². The lowest BCUT2D eigenvalue weighted by atomic mass is 9.85. The van der Waals surface area contributed by atoms with Crippen molar-refractivity contribution in [3.8, 4) is 24.7 Å². The largest absolute Gasteiger partial charge is 0.463 e. The van der Waals surface area contributed by atoms with Crippen LogP contribution in [0.1, 0.15) is 342 Å². The zero-order chi connectivity index (χ0) is 110. The number of esters is 6. The van der Waals surface area contributed by atoms with Crippen molar-refractivity contribution >= 4 is 70.8 Å². The molecule has 0 bridgehead atoms. The second kappa shape index (κ2) is 75.6. The van der Waals surface area contributed by atoms with Crippen molar-refractivity contribution < 1.29 is 101 Å². The third-order valence-electron chi connectivity index (χ3n) is 14.5. The molecule has 135 heavy (non-hydrogen) atoms. The number of Topliss-reactive ketones (excluding diaryl/α,β-unsaturated/α-hetero) is 2. The summed E-state index contributed by atoms with van der Waals surface area (Å²) in [4.78, 5) is 124. The second-order valence-electron chi connectivity index (χ2n) is 45.1. The van der Waals surface area contributed by atoms with Crippen LogP contribution in [0.25, 0.3) is 6.08 Å². The molecule has 776 valence electrons. The molecule has 0 aliphatic heterocycles. The highest BCUT2D eigenvalue weighted by Crippen LogP contribution is 2.28. The van der Waals surface area contributed by atoms with Crippen LogP contribution in [0, 0.1) is 78.8 Å². The van der Waals surface area contributed by atoms with Crippen LogP contribution in [-0.2, 0) is 97.2 Å². The summed E-state index contributed by atoms with van der Waals surface area (Å²) in [5.74, 6) is 3.45. The normalized spacial score (nSPS) is 11.7. The Balaban J connectivity index is -0.000000138. The van der Waals surface area contributed by atoms with Crippen LogP contribution in [0.2, 0.25) is 0 Å². The van der Waals surface area contributed by atoms with Crippen LogP contribution >= 0.6 is 0 Å². The summed E-state index contributed by atoms with van der Waals surface area (Å²) < 4.78 is 41.2. The van der Waals surface area contributed by atoms with E-state index in [0.29, 0.717) is 88.1 Å². The van der Waals surface area contributed by atoms with E-state index in [-0.39, 0.29) is 132 Å². The van der Waals surface area contributed by atoms with Gasteiger partial charge in [0.05, 0.1) is 74.7 Å². The van der Waals surface area contributed by atoms with Gasteiger partial charge in [-0.05, 0) is 168 Å². The number of ether oxygens (including phenoxy) is 8. The van der Waals surface area contributed by atoms with Crippen molar-refractivity contribution in [3.05, 3.63) is 147 Å². The van der Waals surface area contributed by atoms with E-state index in [1.165, 1.54) is 25.2 Å². The highest BCUT2D eigenvalue weighted by atomic mass is 16.6. The van der Waals surface area contributed by atoms with Gasteiger partial charge in [-0.2, -0.15) is 0 Å². The lowest BCUT2D eigenvalue weighted by molar-refractivity contribution is -0.146. The molecule has 3 unspecified atom stereocenters. The fraction of sp³-hybridized carbons (Fsp3) is 0.643. The van der Waals surface area contributed by atoms with Crippen LogP contribution in [0.4, 0.5) is 0 Å². The molecule has 0 saturated carbocycles. The van der Waals surface area contributed by atoms with Crippen molar-refractivity contribution in [2.45, 2.75) is 373 Å². The first-order valence-electron chi connectivity index (χ1n) is 45.8. The highest BCUT2D eigenvalue weighted by Gasteiger charge is 2.30. The number of hydrogen-bond donors (Lipinski definition) is 2. The van der Waals surface area contributed by atoms with Crippen LogP contribution in [0.15, 0.2) is 141 Å². The minimum Gasteiger partial charge on any atom is -0.463 e. The molecule has 1 aromatic heterocycles. The zero-order valence-electron chi connectivity index (χ0n) is 92.9. The molecular formula is C112H192N2O21. The summed E-state index contributed by atoms with van der Waals surface area (Å²) in [7, 11) is 0. The summed E-state index contributed by atoms with van der Waals surface area (Å²) in [6, 6.07) is 0. The van der Waals surface area contributed by atoms with Gasteiger partial charge >= 0.3 is 35.8 Å². The average Bonchev–Trinajstić information content (AvgIpc) is 1.42. The third-order valence-corrected chi connectivity index (χ3v) is 14.5. The number of rotatable bonds is 31. The van der Waals surface area contributed by atoms with E-state index in [1.807, 2.05) is 199 Å². The fourth-order valence-corrected chi connectivity index (χ4v) is 8.85. The molecular weight excluding hydrogens is 1710 g/mol. The molecule has 0 aliphatic rings. The molecule has 23 nitrogen and oxygen atoms in total. The predicted molar refractivity (Wildman–Crippen MR) is 560 cm³/mol. The number of imidazole rings is 1. The van der Waals surface area contributed by atoms with Crippen molar-refractivity contribution in [2.75, 3.05) is 46.2 Å². The number of aliphatic hydroxyl groups is 2. The summed E-state index contributed by atoms with van der Waals surface area (Å²) >= 11 is 0. The van der Waals surface area contributed by atoms with E-state index in [2.05, 4.69) is 162 Å². The topological polar surface area (TPSA) is 320 Å². The van der Waals surface area contributed by atoms with Crippen LogP contribution in [0.5, 0.6) is 0 Å². The van der Waals surface area contributed by atoms with E-state index < -0.39 is 30.1 Å². The number of nitrogens with zero attached hydrogens (tertiary/aromatic N) is 2. The fourth-order valence-electron chi connectivity index (χ4n) is 8.85. The monoisotopic (exact) mass is 1900 g/mol. The number of carbonyl (C=O) groups excluding carboxylic acids is 11. The molecule has 0 amide bonds. The van der Waals surface area contributed by atoms with Gasteiger partial charge in [0, 0.05) is 87.2 Å². The Kier molecular flexibility index (Phi) is 83.0. The van der Waals surface area contributed by atoms with E-state index in [0.717, 1.165) is 29.6 Å². The number of allylic oxidation sites excluding steroid dienone is 5. The molecule has 0 radical (unpaired) electrons. The maximum atomic E-state index is 11.2. The van der Waals surface area contributed by atoms with Crippen LogP contribution in [-0.4, -0.2) is 161 Å². The summed E-state index contributed by atoms with van der Waals surface area (Å²) in [5, 5.41) is 19.1. The molecule has 3 atom stereocenters. The minimum absolute atomic E-state index is 0.0299. The standard InChI is InChI=1S/C10H16N2.2C10H18O3.C10H16O2.2C10H18O.C10H16O.2C9H16O3.C8H14O2.C8H14O.C8H12O/c1-5-9-11-6-7-12(9)8-10(2,3)4;1-6-13-9(12)7(2)8(11)10(3,4)5;1-5-12-9(11)7-6-8-13-10(2,3)4;1-6-8(10(3,4)5)12-9(11)7-2;2*1-8(2)6-9(11)7-10(3,4)5;1-6-8(2)9(11)7-10(3,4)5;1-7(10)12-6-8(11)5-9(2,3)4;1-5-11-9(10)8(4)6-12-7(2)3;1-5-7(9)10-6-8(2,3)4;2*1-5-7(9)6-8(2,3)4/h5-7H,1,8H2,2-4H3;8,11H,2,6H2,1,3-5H3;6-7H,5,8H2,1-4H3;6-8H,1-2H2,3-5H3;2*6H,7H2,1-5H3;1,9,11H,2,7H2,3-5H3;5-6H2,1-4H3;7H,4-6H2,1-3H3;5H,1,6H2,2-4H3;5H,1,6H2,2-4H3;1H,6H2,2-4H3/b;;7-6+;;;;;;;;;. The molecule has 1 heterocycles. The lowest BCUT2D eigenvalue weighted by Crippen LogP contribution is -2.31. The molecule has 0 spiro atoms. The van der Waals surface area contributed by atoms with Gasteiger partial charge in [0.15, 0.2) is 23.1 Å². The molecule has 0 fully saturated rings. The maximum Gasteiger partial charge on any atom is 0.336 e. The third kappa shape index (κ3) is 124. The quantitative estimate of drug-likeness (QED) is 0.0174. The van der Waals surface area contributed by atoms with Crippen molar-refractivity contribution in [2.24, 2.45) is 54.1 Å². The van der Waals surface area contributed by atoms with Gasteiger partial charge in [-0.3, -0.25) is 28.8 Å². The van der Waals surface area contributed by atoms with Gasteiger partial charge in [0.1, 0.15) is 18.5 Å². The smallest absolute Gasteiger partial charge is 0.336 e. The van der Waals surface area contributed by atoms with Gasteiger partial charge in [-0.15, -0.1) is 12.8 Å². The van der Waals surface area contributed by atoms with E-state index >= 15 is 0 Å². The first-order chi connectivity index (χ1) is 60.4. The number of terminal acetylenes is 2. The first kappa shape index (κ1) is 148. The molecule has 23 heteroatoms. The number of carbonyl (C=O) groups is 11. The molecule has 0 saturated heterocycles. The molecule has 2 N–H and O–H groups in total. The second-order valence-corrected chi connectivity index (χ2v) is 45.1. The lowest BCUT2D eigenvalue weighted by Gasteiger charge is -2.26. The van der Waals surface area contributed by atoms with Crippen LogP contribution < -0.4 is 0 Å². The van der Waals surface area contributed by atoms with E-state index in [1.54, 1.807) is 51.2 Å². The number of ketones is 5. The summed E-state index contributed by atoms with van der Waals surface area (Å²) in [6.45, 7) is 116. The van der Waals surface area contributed by atoms with Gasteiger partial charge in [0.25, 0.3) is 0 Å². The van der Waals surface area contributed by atoms with Crippen LogP contribution in [0.3, 0.4) is 0 Å². The maximum absolute atomic E-state index is 11.2. The Morgan fingerprint density at radius 3 is 1.19 bits per heavy atom. The Labute approximate surface area is 822 Å². The van der Waals surface area contributed by atoms with Gasteiger partial charge < -0.3 is 52.7 Å². The summed E-state index contributed by atoms with van der Waals surface area (Å²) in [5.41, 5.74) is 3.22. The Morgan fingerprint density at radius 2 is 0.896 bits per heavy atom. The SMILES string of the molecule is C#CC(=C)C(O)CC(C)(C)C.C#CC(=O)CC(C)(C)C.C=C(C(=O)OCC)C(O)C(C)(C)C.C=C(COC(C)C)C(=O)OCC.C=CC(=O)CC(C)(C)C.C=CC(=O)OC(C=C)C(C)(C)C.C=CC(=O)OCC(C)(C)C.C=Cc1nccn1CC(C)(C)C.CC(=O)OCC(=O)CC(C)(C)C.CC(C)=CC(=O)CC(C)(C)C.CC(C)=CC(=O)CC(C)(C)C.CCOC(=O)/C=C/COC(C)(C)C. The van der Waals surface area contributed by atoms with E-state index in [9.17, 15) is 63.0 Å². The molecule has 0 aliphatic carbocycles. The van der Waals surface area contributed by atoms with Crippen molar-refractivity contribution in [1.29, 1.82) is 0 Å². The van der Waals surface area contributed by atoms with Crippen molar-refractivity contribution in [1.82, 2.24) is 9.55 Å². The Hall–Kier alpha value is -9.52. The number of aliphatic hydroxyl groups excluding tert-OH is 2. The molecule has 1 aromatic rings. The Bertz CT molecular complexity index is 3830. The molecule has 0 aromatic carbocycles. The number of aromatic nitrogens is 2. The minimum atomic E-state index is -0.855. The van der Waals surface area contributed by atoms with E-state index in [4.69, 9.17) is 46.0 Å².